The standard InChI is InChI=1S/C23H29ClN2O/c1-16-4-9-22(17(2)14-16)18(3)25-23(27)20-10-12-26(13-11-20)15-19-5-7-21(24)8-6-19/h4-9,14,18,20H,10-13,15H2,1-3H3,(H,25,27)/t18-/m0/s1. The van der Waals surface area contributed by atoms with E-state index in [2.05, 4.69) is 61.3 Å². The monoisotopic (exact) mass is 384 g/mol. The van der Waals surface area contributed by atoms with Crippen molar-refractivity contribution in [1.82, 2.24) is 10.2 Å². The molecule has 0 bridgehead atoms. The third-order valence-electron chi connectivity index (χ3n) is 5.53. The van der Waals surface area contributed by atoms with Crippen LogP contribution in [0.1, 0.15) is 48.1 Å². The van der Waals surface area contributed by atoms with Gasteiger partial charge in [-0.15, -0.1) is 0 Å². The van der Waals surface area contributed by atoms with Gasteiger partial charge in [0.1, 0.15) is 0 Å². The summed E-state index contributed by atoms with van der Waals surface area (Å²) in [5.74, 6) is 0.299. The maximum Gasteiger partial charge on any atom is 0.223 e. The van der Waals surface area contributed by atoms with Crippen molar-refractivity contribution in [1.29, 1.82) is 0 Å². The summed E-state index contributed by atoms with van der Waals surface area (Å²) in [6.45, 7) is 9.12. The Balaban J connectivity index is 1.50. The Morgan fingerprint density at radius 2 is 1.81 bits per heavy atom. The van der Waals surface area contributed by atoms with E-state index < -0.39 is 0 Å². The Labute approximate surface area is 167 Å². The molecule has 2 aromatic rings. The maximum atomic E-state index is 12.7. The van der Waals surface area contributed by atoms with Crippen molar-refractivity contribution in [2.75, 3.05) is 13.1 Å². The molecule has 4 heteroatoms. The van der Waals surface area contributed by atoms with Gasteiger partial charge in [-0.1, -0.05) is 47.5 Å². The normalized spacial score (nSPS) is 16.9. The Morgan fingerprint density at radius 1 is 1.15 bits per heavy atom. The summed E-state index contributed by atoms with van der Waals surface area (Å²) in [4.78, 5) is 15.1. The molecular weight excluding hydrogens is 356 g/mol. The molecule has 0 saturated carbocycles. The lowest BCUT2D eigenvalue weighted by Crippen LogP contribution is -2.41. The van der Waals surface area contributed by atoms with Gasteiger partial charge in [0.05, 0.1) is 6.04 Å². The predicted molar refractivity (Wildman–Crippen MR) is 112 cm³/mol. The van der Waals surface area contributed by atoms with Gasteiger partial charge in [-0.2, -0.15) is 0 Å². The van der Waals surface area contributed by atoms with E-state index in [-0.39, 0.29) is 17.9 Å². The first-order chi connectivity index (χ1) is 12.9. The van der Waals surface area contributed by atoms with Crippen LogP contribution in [0.25, 0.3) is 0 Å². The number of benzene rings is 2. The van der Waals surface area contributed by atoms with Gasteiger partial charge in [-0.25, -0.2) is 0 Å². The summed E-state index contributed by atoms with van der Waals surface area (Å²) in [5.41, 5.74) is 4.96. The molecule has 27 heavy (non-hydrogen) atoms. The van der Waals surface area contributed by atoms with E-state index >= 15 is 0 Å². The second-order valence-corrected chi connectivity index (χ2v) is 8.20. The maximum absolute atomic E-state index is 12.7. The summed E-state index contributed by atoms with van der Waals surface area (Å²) in [5, 5.41) is 4.00. The number of nitrogens with zero attached hydrogens (tertiary/aromatic N) is 1. The molecule has 0 unspecified atom stereocenters. The van der Waals surface area contributed by atoms with Crippen LogP contribution in [0.2, 0.25) is 5.02 Å². The number of hydrogen-bond acceptors (Lipinski definition) is 2. The first kappa shape index (κ1) is 19.9. The second-order valence-electron chi connectivity index (χ2n) is 7.77. The van der Waals surface area contributed by atoms with E-state index in [1.54, 1.807) is 0 Å². The minimum absolute atomic E-state index is 0.0465. The van der Waals surface area contributed by atoms with E-state index in [9.17, 15) is 4.79 Å². The van der Waals surface area contributed by atoms with Crippen LogP contribution < -0.4 is 5.32 Å². The molecular formula is C23H29ClN2O. The van der Waals surface area contributed by atoms with Crippen molar-refractivity contribution in [3.63, 3.8) is 0 Å². The van der Waals surface area contributed by atoms with Crippen LogP contribution in [0.15, 0.2) is 42.5 Å². The summed E-state index contributed by atoms with van der Waals surface area (Å²) in [6, 6.07) is 14.5. The topological polar surface area (TPSA) is 32.3 Å². The zero-order valence-corrected chi connectivity index (χ0v) is 17.2. The molecule has 144 valence electrons. The molecule has 1 fully saturated rings. The van der Waals surface area contributed by atoms with Crippen molar-refractivity contribution < 1.29 is 4.79 Å². The largest absolute Gasteiger partial charge is 0.349 e. The molecule has 0 aromatic heterocycles. The highest BCUT2D eigenvalue weighted by atomic mass is 35.5. The highest BCUT2D eigenvalue weighted by Crippen LogP contribution is 2.23. The molecule has 3 rings (SSSR count). The molecule has 0 spiro atoms. The zero-order valence-electron chi connectivity index (χ0n) is 16.5. The fourth-order valence-corrected chi connectivity index (χ4v) is 4.05. The highest BCUT2D eigenvalue weighted by Gasteiger charge is 2.26. The van der Waals surface area contributed by atoms with Gasteiger partial charge in [0.15, 0.2) is 0 Å². The number of carbonyl (C=O) groups excluding carboxylic acids is 1. The lowest BCUT2D eigenvalue weighted by atomic mass is 9.94. The molecule has 3 nitrogen and oxygen atoms in total. The number of piperidine rings is 1. The number of nitrogens with one attached hydrogen (secondary N) is 1. The smallest absolute Gasteiger partial charge is 0.223 e. The summed E-state index contributed by atoms with van der Waals surface area (Å²) >= 11 is 5.95. The van der Waals surface area contributed by atoms with E-state index in [0.29, 0.717) is 0 Å². The van der Waals surface area contributed by atoms with Gasteiger partial charge in [0.25, 0.3) is 0 Å². The number of rotatable bonds is 5. The highest BCUT2D eigenvalue weighted by molar-refractivity contribution is 6.30. The van der Waals surface area contributed by atoms with Crippen LogP contribution in [0.3, 0.4) is 0 Å². The van der Waals surface area contributed by atoms with E-state index in [4.69, 9.17) is 11.6 Å². The first-order valence-corrected chi connectivity index (χ1v) is 10.1. The average Bonchev–Trinajstić information content (AvgIpc) is 2.64. The van der Waals surface area contributed by atoms with E-state index in [1.807, 2.05) is 12.1 Å². The average molecular weight is 385 g/mol. The van der Waals surface area contributed by atoms with Crippen molar-refractivity contribution in [2.24, 2.45) is 5.92 Å². The van der Waals surface area contributed by atoms with Gasteiger partial charge < -0.3 is 5.32 Å². The van der Waals surface area contributed by atoms with Gasteiger partial charge in [-0.3, -0.25) is 9.69 Å². The van der Waals surface area contributed by atoms with Crippen LogP contribution in [0, 0.1) is 19.8 Å². The van der Waals surface area contributed by atoms with Crippen LogP contribution in [-0.4, -0.2) is 23.9 Å². The molecule has 1 amide bonds. The van der Waals surface area contributed by atoms with Crippen LogP contribution in [0.5, 0.6) is 0 Å². The molecule has 1 aliphatic rings. The number of hydrogen-bond donors (Lipinski definition) is 1. The quantitative estimate of drug-likeness (QED) is 0.782. The zero-order chi connectivity index (χ0) is 19.4. The minimum atomic E-state index is 0.0465. The Hall–Kier alpha value is -1.84. The van der Waals surface area contributed by atoms with Crippen molar-refractivity contribution >= 4 is 17.5 Å². The van der Waals surface area contributed by atoms with Crippen LogP contribution in [-0.2, 0) is 11.3 Å². The lowest BCUT2D eigenvalue weighted by molar-refractivity contribution is -0.127. The van der Waals surface area contributed by atoms with Crippen LogP contribution >= 0.6 is 11.6 Å². The third kappa shape index (κ3) is 5.33. The summed E-state index contributed by atoms with van der Waals surface area (Å²) in [6.07, 6.45) is 1.83. The van der Waals surface area contributed by atoms with Gasteiger partial charge in [0, 0.05) is 17.5 Å². The SMILES string of the molecule is Cc1ccc([C@H](C)NC(=O)C2CCN(Cc3ccc(Cl)cc3)CC2)c(C)c1. The summed E-state index contributed by atoms with van der Waals surface area (Å²) in [7, 11) is 0. The molecule has 0 radical (unpaired) electrons. The van der Waals surface area contributed by atoms with E-state index in [0.717, 1.165) is 37.5 Å². The number of amides is 1. The first-order valence-electron chi connectivity index (χ1n) is 9.76. The number of halogens is 1. The molecule has 1 aliphatic heterocycles. The predicted octanol–water partition coefficient (Wildman–Crippen LogP) is 5.05. The van der Waals surface area contributed by atoms with Crippen LogP contribution in [0.4, 0.5) is 0 Å². The fourth-order valence-electron chi connectivity index (χ4n) is 3.92. The van der Waals surface area contributed by atoms with Crippen molar-refractivity contribution in [3.8, 4) is 0 Å². The number of aryl methyl sites for hydroxylation is 2. The van der Waals surface area contributed by atoms with Crippen molar-refractivity contribution in [2.45, 2.75) is 46.2 Å². The molecule has 2 aromatic carbocycles. The third-order valence-corrected chi connectivity index (χ3v) is 5.78. The van der Waals surface area contributed by atoms with Gasteiger partial charge in [-0.05, 0) is 75.5 Å². The molecule has 0 aliphatic carbocycles. The van der Waals surface area contributed by atoms with Gasteiger partial charge >= 0.3 is 0 Å². The lowest BCUT2D eigenvalue weighted by Gasteiger charge is -2.32. The molecule has 1 N–H and O–H groups in total. The molecule has 1 heterocycles. The van der Waals surface area contributed by atoms with Gasteiger partial charge in [0.2, 0.25) is 5.91 Å². The fraction of sp³-hybridized carbons (Fsp3) is 0.435. The minimum Gasteiger partial charge on any atom is -0.349 e. The number of carbonyl (C=O) groups is 1. The number of likely N-dealkylation sites (tertiary alicyclic amines) is 1. The second kappa shape index (κ2) is 8.90. The molecule has 1 saturated heterocycles. The summed E-state index contributed by atoms with van der Waals surface area (Å²) < 4.78 is 0. The molecule has 1 atom stereocenters. The Morgan fingerprint density at radius 3 is 2.44 bits per heavy atom. The van der Waals surface area contributed by atoms with E-state index in [1.165, 1.54) is 22.3 Å². The Kier molecular flexibility index (Phi) is 6.56. The Bertz CT molecular complexity index is 779. The van der Waals surface area contributed by atoms with Crippen molar-refractivity contribution in [3.05, 3.63) is 69.7 Å².